The van der Waals surface area contributed by atoms with E-state index in [4.69, 9.17) is 4.74 Å². The van der Waals surface area contributed by atoms with Crippen LogP contribution in [0.3, 0.4) is 0 Å². The van der Waals surface area contributed by atoms with Crippen LogP contribution >= 0.6 is 0 Å². The summed E-state index contributed by atoms with van der Waals surface area (Å²) in [4.78, 5) is 45.6. The number of rotatable bonds is 3. The SMILES string of the molecule is CCN1C(=O)NC(=O)C1OC.COC1NC(=O)N(C)C1=O. The molecule has 2 N–H and O–H groups in total. The van der Waals surface area contributed by atoms with Crippen LogP contribution < -0.4 is 10.6 Å². The van der Waals surface area contributed by atoms with Gasteiger partial charge in [-0.05, 0) is 6.92 Å². The first-order valence-electron chi connectivity index (χ1n) is 6.12. The molecule has 0 aliphatic carbocycles. The Morgan fingerprint density at radius 1 is 1.10 bits per heavy atom. The van der Waals surface area contributed by atoms with E-state index in [9.17, 15) is 19.2 Å². The lowest BCUT2D eigenvalue weighted by atomic mass is 10.5. The number of hydrogen-bond acceptors (Lipinski definition) is 6. The lowest BCUT2D eigenvalue weighted by Crippen LogP contribution is -2.36. The molecule has 0 aromatic rings. The highest BCUT2D eigenvalue weighted by molar-refractivity contribution is 6.03. The molecule has 2 heterocycles. The van der Waals surface area contributed by atoms with Crippen LogP contribution in [-0.2, 0) is 19.1 Å². The fraction of sp³-hybridized carbons (Fsp3) is 0.636. The van der Waals surface area contributed by atoms with Crippen molar-refractivity contribution in [1.29, 1.82) is 0 Å². The zero-order valence-electron chi connectivity index (χ0n) is 12.2. The zero-order valence-corrected chi connectivity index (χ0v) is 12.2. The normalized spacial score (nSPS) is 24.8. The molecule has 2 aliphatic rings. The Bertz CT molecular complexity index is 434. The van der Waals surface area contributed by atoms with Crippen molar-refractivity contribution in [3.8, 4) is 0 Å². The third-order valence-corrected chi connectivity index (χ3v) is 2.91. The fourth-order valence-corrected chi connectivity index (χ4v) is 1.74. The summed E-state index contributed by atoms with van der Waals surface area (Å²) < 4.78 is 9.43. The molecule has 2 unspecified atom stereocenters. The van der Waals surface area contributed by atoms with Gasteiger partial charge in [-0.2, -0.15) is 0 Å². The molecule has 2 atom stereocenters. The van der Waals surface area contributed by atoms with E-state index in [0.29, 0.717) is 6.54 Å². The van der Waals surface area contributed by atoms with Crippen LogP contribution in [0, 0.1) is 0 Å². The molecule has 10 nitrogen and oxygen atoms in total. The average molecular weight is 302 g/mol. The molecule has 0 radical (unpaired) electrons. The lowest BCUT2D eigenvalue weighted by Gasteiger charge is -2.17. The summed E-state index contributed by atoms with van der Waals surface area (Å²) in [6, 6.07) is -0.804. The molecular formula is C11H18N4O6. The van der Waals surface area contributed by atoms with Gasteiger partial charge in [0.05, 0.1) is 0 Å². The molecule has 0 aromatic carbocycles. The summed E-state index contributed by atoms with van der Waals surface area (Å²) in [5, 5.41) is 4.46. The Labute approximate surface area is 121 Å². The molecule has 0 aromatic heterocycles. The zero-order chi connectivity index (χ0) is 16.2. The predicted octanol–water partition coefficient (Wildman–Crippen LogP) is -1.33. The maximum atomic E-state index is 10.9. The highest BCUT2D eigenvalue weighted by atomic mass is 16.5. The topological polar surface area (TPSA) is 117 Å². The van der Waals surface area contributed by atoms with Crippen LogP contribution in [-0.4, -0.2) is 73.9 Å². The number of amides is 6. The highest BCUT2D eigenvalue weighted by Gasteiger charge is 2.37. The van der Waals surface area contributed by atoms with E-state index >= 15 is 0 Å². The van der Waals surface area contributed by atoms with E-state index in [1.807, 2.05) is 0 Å². The average Bonchev–Trinajstić information content (AvgIpc) is 2.88. The van der Waals surface area contributed by atoms with Gasteiger partial charge in [-0.3, -0.25) is 24.7 Å². The van der Waals surface area contributed by atoms with Crippen molar-refractivity contribution < 1.29 is 28.7 Å². The van der Waals surface area contributed by atoms with Crippen LogP contribution in [0.4, 0.5) is 9.59 Å². The molecule has 0 bridgehead atoms. The molecule has 0 spiro atoms. The Hall–Kier alpha value is -2.20. The maximum absolute atomic E-state index is 10.9. The fourth-order valence-electron chi connectivity index (χ4n) is 1.74. The first kappa shape index (κ1) is 16.9. The molecule has 2 aliphatic heterocycles. The first-order valence-corrected chi connectivity index (χ1v) is 6.12. The molecule has 2 fully saturated rings. The number of methoxy groups -OCH3 is 2. The van der Waals surface area contributed by atoms with Crippen LogP contribution in [0.25, 0.3) is 0 Å². The Kier molecular flexibility index (Phi) is 5.61. The molecule has 10 heteroatoms. The van der Waals surface area contributed by atoms with Crippen LogP contribution in [0.2, 0.25) is 0 Å². The molecule has 21 heavy (non-hydrogen) atoms. The quantitative estimate of drug-likeness (QED) is 0.624. The molecule has 118 valence electrons. The second kappa shape index (κ2) is 6.99. The molecule has 2 saturated heterocycles. The van der Waals surface area contributed by atoms with Crippen molar-refractivity contribution in [1.82, 2.24) is 20.4 Å². The Morgan fingerprint density at radius 3 is 2.00 bits per heavy atom. The largest absolute Gasteiger partial charge is 0.353 e. The van der Waals surface area contributed by atoms with Crippen molar-refractivity contribution in [3.63, 3.8) is 0 Å². The number of imide groups is 2. The number of likely N-dealkylation sites (N-methyl/N-ethyl adjacent to an activating group) is 2. The van der Waals surface area contributed by atoms with Crippen molar-refractivity contribution in [3.05, 3.63) is 0 Å². The van der Waals surface area contributed by atoms with Gasteiger partial charge in [-0.25, -0.2) is 9.59 Å². The van der Waals surface area contributed by atoms with Gasteiger partial charge in [-0.15, -0.1) is 0 Å². The monoisotopic (exact) mass is 302 g/mol. The van der Waals surface area contributed by atoms with Gasteiger partial charge in [0.25, 0.3) is 11.8 Å². The van der Waals surface area contributed by atoms with Crippen molar-refractivity contribution in [2.45, 2.75) is 19.4 Å². The van der Waals surface area contributed by atoms with Gasteiger partial charge in [0, 0.05) is 27.8 Å². The number of urea groups is 2. The number of carbonyl (C=O) groups is 4. The van der Waals surface area contributed by atoms with Gasteiger partial charge in [0.1, 0.15) is 0 Å². The first-order chi connectivity index (χ1) is 9.87. The lowest BCUT2D eigenvalue weighted by molar-refractivity contribution is -0.134. The Morgan fingerprint density at radius 2 is 1.71 bits per heavy atom. The molecule has 2 rings (SSSR count). The van der Waals surface area contributed by atoms with Crippen molar-refractivity contribution in [2.75, 3.05) is 27.8 Å². The van der Waals surface area contributed by atoms with Gasteiger partial charge in [0.15, 0.2) is 0 Å². The molecule has 0 saturated carbocycles. The van der Waals surface area contributed by atoms with E-state index in [0.717, 1.165) is 4.90 Å². The number of ether oxygens (including phenoxy) is 2. The summed E-state index contributed by atoms with van der Waals surface area (Å²) in [5.74, 6) is -0.744. The minimum Gasteiger partial charge on any atom is -0.353 e. The predicted molar refractivity (Wildman–Crippen MR) is 68.8 cm³/mol. The minimum atomic E-state index is -0.794. The van der Waals surface area contributed by atoms with E-state index in [1.54, 1.807) is 6.92 Å². The van der Waals surface area contributed by atoms with Crippen molar-refractivity contribution in [2.24, 2.45) is 0 Å². The van der Waals surface area contributed by atoms with Crippen LogP contribution in [0.5, 0.6) is 0 Å². The van der Waals surface area contributed by atoms with Gasteiger partial charge < -0.3 is 14.8 Å². The van der Waals surface area contributed by atoms with Crippen molar-refractivity contribution >= 4 is 23.9 Å². The summed E-state index contributed by atoms with van der Waals surface area (Å²) in [7, 11) is 4.16. The molecular weight excluding hydrogens is 284 g/mol. The standard InChI is InChI=1S/C6H10N2O3.C5H8N2O3/c1-3-8-5(11-2)4(9)7-6(8)10;1-7-4(8)3(10-2)6-5(7)9/h5H,3H2,1-2H3,(H,7,9,10);3H,1-2H3,(H,6,9). The number of nitrogens with zero attached hydrogens (tertiary/aromatic N) is 2. The third-order valence-electron chi connectivity index (χ3n) is 2.91. The third kappa shape index (κ3) is 3.47. The summed E-state index contributed by atoms with van der Waals surface area (Å²) >= 11 is 0. The Balaban J connectivity index is 0.000000211. The van der Waals surface area contributed by atoms with Gasteiger partial charge in [-0.1, -0.05) is 0 Å². The van der Waals surface area contributed by atoms with E-state index < -0.39 is 18.5 Å². The van der Waals surface area contributed by atoms with E-state index in [2.05, 4.69) is 15.4 Å². The van der Waals surface area contributed by atoms with E-state index in [-0.39, 0.29) is 17.8 Å². The second-order valence-electron chi connectivity index (χ2n) is 4.13. The second-order valence-corrected chi connectivity index (χ2v) is 4.13. The van der Waals surface area contributed by atoms with Crippen LogP contribution in [0.15, 0.2) is 0 Å². The maximum Gasteiger partial charge on any atom is 0.326 e. The van der Waals surface area contributed by atoms with Gasteiger partial charge >= 0.3 is 12.1 Å². The summed E-state index contributed by atoms with van der Waals surface area (Å²) in [5.41, 5.74) is 0. The molecule has 6 amide bonds. The minimum absolute atomic E-state index is 0.354. The number of hydrogen-bond donors (Lipinski definition) is 2. The van der Waals surface area contributed by atoms with E-state index in [1.165, 1.54) is 26.2 Å². The number of carbonyl (C=O) groups excluding carboxylic acids is 4. The summed E-state index contributed by atoms with van der Waals surface area (Å²) in [6.07, 6.45) is -1.54. The number of nitrogens with one attached hydrogen (secondary N) is 2. The smallest absolute Gasteiger partial charge is 0.326 e. The van der Waals surface area contributed by atoms with Gasteiger partial charge in [0.2, 0.25) is 12.5 Å². The summed E-state index contributed by atoms with van der Waals surface area (Å²) in [6.45, 7) is 2.25. The van der Waals surface area contributed by atoms with Crippen LogP contribution in [0.1, 0.15) is 6.92 Å². The highest BCUT2D eigenvalue weighted by Crippen LogP contribution is 2.07.